The van der Waals surface area contributed by atoms with Gasteiger partial charge in [-0.2, -0.15) is 5.10 Å². The van der Waals surface area contributed by atoms with Crippen LogP contribution in [0.5, 0.6) is 11.5 Å². The molecule has 2 rings (SSSR count). The SMILES string of the molecule is COc1cccc(/C=N/NC(=O)COc2c(C)cc(C)cc2Br)c1. The first-order valence-electron chi connectivity index (χ1n) is 7.35. The Morgan fingerprint density at radius 1 is 1.29 bits per heavy atom. The number of hydrogen-bond acceptors (Lipinski definition) is 4. The summed E-state index contributed by atoms with van der Waals surface area (Å²) in [5, 5.41) is 3.92. The van der Waals surface area contributed by atoms with Crippen molar-refractivity contribution in [3.8, 4) is 11.5 Å². The van der Waals surface area contributed by atoms with Crippen LogP contribution in [0.3, 0.4) is 0 Å². The number of amides is 1. The highest BCUT2D eigenvalue weighted by molar-refractivity contribution is 9.10. The van der Waals surface area contributed by atoms with Gasteiger partial charge in [0.1, 0.15) is 11.5 Å². The molecule has 1 amide bonds. The third-order valence-electron chi connectivity index (χ3n) is 3.22. The second-order valence-electron chi connectivity index (χ2n) is 5.25. The number of rotatable bonds is 6. The maximum Gasteiger partial charge on any atom is 0.277 e. The highest BCUT2D eigenvalue weighted by Crippen LogP contribution is 2.30. The van der Waals surface area contributed by atoms with Crippen LogP contribution in [0.4, 0.5) is 0 Å². The zero-order valence-corrected chi connectivity index (χ0v) is 15.4. The first-order chi connectivity index (χ1) is 11.5. The van der Waals surface area contributed by atoms with Gasteiger partial charge in [-0.05, 0) is 64.7 Å². The molecule has 24 heavy (non-hydrogen) atoms. The van der Waals surface area contributed by atoms with Crippen LogP contribution in [0.2, 0.25) is 0 Å². The van der Waals surface area contributed by atoms with Crippen molar-refractivity contribution < 1.29 is 14.3 Å². The summed E-state index contributed by atoms with van der Waals surface area (Å²) >= 11 is 3.45. The third-order valence-corrected chi connectivity index (χ3v) is 3.81. The van der Waals surface area contributed by atoms with Crippen molar-refractivity contribution in [3.63, 3.8) is 0 Å². The topological polar surface area (TPSA) is 59.9 Å². The van der Waals surface area contributed by atoms with Crippen LogP contribution >= 0.6 is 15.9 Å². The van der Waals surface area contributed by atoms with E-state index in [-0.39, 0.29) is 12.5 Å². The summed E-state index contributed by atoms with van der Waals surface area (Å²) in [6.07, 6.45) is 1.55. The molecule has 0 aliphatic carbocycles. The van der Waals surface area contributed by atoms with E-state index < -0.39 is 0 Å². The number of nitrogens with one attached hydrogen (secondary N) is 1. The molecule has 0 aromatic heterocycles. The first kappa shape index (κ1) is 18.0. The average Bonchev–Trinajstić information content (AvgIpc) is 2.54. The molecule has 2 aromatic rings. The van der Waals surface area contributed by atoms with E-state index in [1.165, 1.54) is 0 Å². The number of methoxy groups -OCH3 is 1. The minimum absolute atomic E-state index is 0.113. The molecule has 0 atom stereocenters. The van der Waals surface area contributed by atoms with Gasteiger partial charge in [0.15, 0.2) is 6.61 Å². The standard InChI is InChI=1S/C18H19BrN2O3/c1-12-7-13(2)18(16(19)8-12)24-11-17(22)21-20-10-14-5-4-6-15(9-14)23-3/h4-10H,11H2,1-3H3,(H,21,22)/b20-10+. The molecule has 0 fully saturated rings. The Morgan fingerprint density at radius 3 is 2.79 bits per heavy atom. The van der Waals surface area contributed by atoms with E-state index in [0.29, 0.717) is 5.75 Å². The molecule has 5 nitrogen and oxygen atoms in total. The normalized spacial score (nSPS) is 10.7. The van der Waals surface area contributed by atoms with E-state index in [9.17, 15) is 4.79 Å². The lowest BCUT2D eigenvalue weighted by Crippen LogP contribution is -2.24. The Hall–Kier alpha value is -2.34. The predicted octanol–water partition coefficient (Wildman–Crippen LogP) is 3.60. The van der Waals surface area contributed by atoms with Crippen LogP contribution in [0.1, 0.15) is 16.7 Å². The number of aryl methyl sites for hydroxylation is 2. The number of carbonyl (C=O) groups is 1. The molecule has 0 heterocycles. The lowest BCUT2D eigenvalue weighted by molar-refractivity contribution is -0.123. The number of halogens is 1. The molecule has 0 aliphatic heterocycles. The van der Waals surface area contributed by atoms with E-state index in [2.05, 4.69) is 26.5 Å². The molecule has 0 radical (unpaired) electrons. The Kier molecular flexibility index (Phi) is 6.37. The Labute approximate surface area is 149 Å². The molecular weight excluding hydrogens is 372 g/mol. The Morgan fingerprint density at radius 2 is 2.08 bits per heavy atom. The van der Waals surface area contributed by atoms with Crippen molar-refractivity contribution in [1.82, 2.24) is 5.43 Å². The van der Waals surface area contributed by atoms with Gasteiger partial charge in [-0.1, -0.05) is 18.2 Å². The van der Waals surface area contributed by atoms with Crippen LogP contribution in [-0.2, 0) is 4.79 Å². The minimum Gasteiger partial charge on any atom is -0.497 e. The zero-order chi connectivity index (χ0) is 17.5. The summed E-state index contributed by atoms with van der Waals surface area (Å²) in [5.74, 6) is 1.06. The number of ether oxygens (including phenoxy) is 2. The first-order valence-corrected chi connectivity index (χ1v) is 8.14. The summed E-state index contributed by atoms with van der Waals surface area (Å²) in [5.41, 5.74) is 5.36. The fraction of sp³-hybridized carbons (Fsp3) is 0.222. The van der Waals surface area contributed by atoms with E-state index in [1.54, 1.807) is 13.3 Å². The van der Waals surface area contributed by atoms with Crippen LogP contribution in [0, 0.1) is 13.8 Å². The molecular formula is C18H19BrN2O3. The van der Waals surface area contributed by atoms with E-state index in [4.69, 9.17) is 9.47 Å². The van der Waals surface area contributed by atoms with Crippen LogP contribution in [-0.4, -0.2) is 25.8 Å². The maximum atomic E-state index is 11.8. The van der Waals surface area contributed by atoms with Gasteiger partial charge < -0.3 is 9.47 Å². The van der Waals surface area contributed by atoms with Gasteiger partial charge in [0.25, 0.3) is 5.91 Å². The maximum absolute atomic E-state index is 11.8. The molecule has 0 spiro atoms. The summed E-state index contributed by atoms with van der Waals surface area (Å²) < 4.78 is 11.5. The van der Waals surface area contributed by atoms with Crippen molar-refractivity contribution in [2.45, 2.75) is 13.8 Å². The number of hydrogen-bond donors (Lipinski definition) is 1. The van der Waals surface area contributed by atoms with E-state index in [1.807, 2.05) is 50.2 Å². The van der Waals surface area contributed by atoms with Gasteiger partial charge in [0.05, 0.1) is 17.8 Å². The fourth-order valence-electron chi connectivity index (χ4n) is 2.16. The molecule has 0 aliphatic rings. The summed E-state index contributed by atoms with van der Waals surface area (Å²) in [7, 11) is 1.60. The number of hydrazone groups is 1. The molecule has 126 valence electrons. The lowest BCUT2D eigenvalue weighted by Gasteiger charge is -2.11. The van der Waals surface area contributed by atoms with Crippen molar-refractivity contribution in [1.29, 1.82) is 0 Å². The highest BCUT2D eigenvalue weighted by Gasteiger charge is 2.08. The number of nitrogens with zero attached hydrogens (tertiary/aromatic N) is 1. The van der Waals surface area contributed by atoms with Crippen molar-refractivity contribution >= 4 is 28.1 Å². The third kappa shape index (κ3) is 5.09. The molecule has 0 unspecified atom stereocenters. The van der Waals surface area contributed by atoms with Crippen molar-refractivity contribution in [2.75, 3.05) is 13.7 Å². The Bertz CT molecular complexity index is 737. The van der Waals surface area contributed by atoms with Crippen LogP contribution < -0.4 is 14.9 Å². The molecule has 2 aromatic carbocycles. The summed E-state index contributed by atoms with van der Waals surface area (Å²) in [4.78, 5) is 11.8. The van der Waals surface area contributed by atoms with Crippen molar-refractivity contribution in [2.24, 2.45) is 5.10 Å². The van der Waals surface area contributed by atoms with Gasteiger partial charge in [-0.25, -0.2) is 5.43 Å². The number of benzene rings is 2. The van der Waals surface area contributed by atoms with Crippen LogP contribution in [0.25, 0.3) is 0 Å². The lowest BCUT2D eigenvalue weighted by atomic mass is 10.1. The number of carbonyl (C=O) groups excluding carboxylic acids is 1. The molecule has 0 saturated carbocycles. The van der Waals surface area contributed by atoms with Crippen LogP contribution in [0.15, 0.2) is 46.0 Å². The minimum atomic E-state index is -0.332. The molecule has 0 bridgehead atoms. The molecule has 1 N–H and O–H groups in total. The fourth-order valence-corrected chi connectivity index (χ4v) is 2.94. The van der Waals surface area contributed by atoms with Gasteiger partial charge in [0.2, 0.25) is 0 Å². The Balaban J connectivity index is 1.89. The van der Waals surface area contributed by atoms with Gasteiger partial charge in [-0.15, -0.1) is 0 Å². The van der Waals surface area contributed by atoms with Gasteiger partial charge in [0, 0.05) is 0 Å². The summed E-state index contributed by atoms with van der Waals surface area (Å²) in [6.45, 7) is 3.82. The second-order valence-corrected chi connectivity index (χ2v) is 6.11. The van der Waals surface area contributed by atoms with E-state index in [0.717, 1.165) is 26.9 Å². The van der Waals surface area contributed by atoms with Gasteiger partial charge >= 0.3 is 0 Å². The monoisotopic (exact) mass is 390 g/mol. The molecule has 6 heteroatoms. The largest absolute Gasteiger partial charge is 0.497 e. The molecule has 0 saturated heterocycles. The second kappa shape index (κ2) is 8.49. The average molecular weight is 391 g/mol. The smallest absolute Gasteiger partial charge is 0.277 e. The summed E-state index contributed by atoms with van der Waals surface area (Å²) in [6, 6.07) is 11.3. The zero-order valence-electron chi connectivity index (χ0n) is 13.8. The highest BCUT2D eigenvalue weighted by atomic mass is 79.9. The quantitative estimate of drug-likeness (QED) is 0.605. The van der Waals surface area contributed by atoms with Gasteiger partial charge in [-0.3, -0.25) is 4.79 Å². The van der Waals surface area contributed by atoms with E-state index >= 15 is 0 Å². The van der Waals surface area contributed by atoms with Crippen molar-refractivity contribution in [3.05, 3.63) is 57.6 Å². The predicted molar refractivity (Wildman–Crippen MR) is 97.8 cm³/mol.